The molecule has 4 rings (SSSR count). The van der Waals surface area contributed by atoms with Crippen LogP contribution in [0.3, 0.4) is 0 Å². The van der Waals surface area contributed by atoms with Gasteiger partial charge in [0, 0.05) is 47.8 Å². The number of halogens is 4. The number of nitrogens with zero attached hydrogens (tertiary/aromatic N) is 3. The van der Waals surface area contributed by atoms with Crippen LogP contribution in [-0.4, -0.2) is 68.0 Å². The first-order valence-electron chi connectivity index (χ1n) is 12.3. The van der Waals surface area contributed by atoms with E-state index in [0.29, 0.717) is 16.3 Å². The van der Waals surface area contributed by atoms with Gasteiger partial charge in [0.05, 0.1) is 10.1 Å². The molecule has 0 bridgehead atoms. The van der Waals surface area contributed by atoms with Gasteiger partial charge in [0.1, 0.15) is 23.9 Å². The van der Waals surface area contributed by atoms with Crippen LogP contribution in [0.25, 0.3) is 10.8 Å². The molecule has 2 fully saturated rings. The molecule has 214 valence electrons. The number of thioether (sulfide) groups is 2. The van der Waals surface area contributed by atoms with Gasteiger partial charge in [-0.15, -0.1) is 23.5 Å². The molecule has 3 amide bonds. The van der Waals surface area contributed by atoms with Crippen molar-refractivity contribution in [3.05, 3.63) is 42.0 Å². The Morgan fingerprint density at radius 3 is 2.42 bits per heavy atom. The van der Waals surface area contributed by atoms with E-state index in [9.17, 15) is 37.2 Å². The van der Waals surface area contributed by atoms with Gasteiger partial charge in [-0.25, -0.2) is 4.39 Å². The Bertz CT molecular complexity index is 1370. The zero-order valence-electron chi connectivity index (χ0n) is 21.8. The number of nitrogens with one attached hydrogen (secondary N) is 2. The van der Waals surface area contributed by atoms with Crippen molar-refractivity contribution < 1.29 is 31.9 Å². The number of benzene rings is 1. The third-order valence-corrected chi connectivity index (χ3v) is 10.2. The number of carbonyl (C=O) groups excluding carboxylic acids is 3. The van der Waals surface area contributed by atoms with Crippen LogP contribution < -0.4 is 10.6 Å². The second kappa shape index (κ2) is 11.1. The number of hydrogen-bond acceptors (Lipinski definition) is 7. The van der Waals surface area contributed by atoms with E-state index in [1.807, 2.05) is 11.4 Å². The van der Waals surface area contributed by atoms with E-state index in [1.54, 1.807) is 23.5 Å². The molecule has 40 heavy (non-hydrogen) atoms. The average Bonchev–Trinajstić information content (AvgIpc) is 3.50. The third-order valence-electron chi connectivity index (χ3n) is 6.82. The van der Waals surface area contributed by atoms with E-state index in [0.717, 1.165) is 11.5 Å². The van der Waals surface area contributed by atoms with E-state index in [4.69, 9.17) is 0 Å². The van der Waals surface area contributed by atoms with Crippen LogP contribution in [-0.2, 0) is 14.4 Å². The van der Waals surface area contributed by atoms with Gasteiger partial charge in [0.15, 0.2) is 0 Å². The number of pyridine rings is 1. The largest absolute Gasteiger partial charge is 0.471 e. The van der Waals surface area contributed by atoms with Gasteiger partial charge in [-0.05, 0) is 22.9 Å². The Morgan fingerprint density at radius 1 is 1.15 bits per heavy atom. The Labute approximate surface area is 236 Å². The molecular formula is C26H27F4N5O3S2. The molecule has 1 unspecified atom stereocenters. The van der Waals surface area contributed by atoms with Crippen LogP contribution in [0.5, 0.6) is 0 Å². The monoisotopic (exact) mass is 597 g/mol. The lowest BCUT2D eigenvalue weighted by molar-refractivity contribution is -0.176. The van der Waals surface area contributed by atoms with Crippen molar-refractivity contribution in [2.24, 2.45) is 5.41 Å². The van der Waals surface area contributed by atoms with Crippen LogP contribution in [0.1, 0.15) is 38.8 Å². The summed E-state index contributed by atoms with van der Waals surface area (Å²) in [6.07, 6.45) is -2.17. The zero-order valence-corrected chi connectivity index (χ0v) is 23.5. The molecule has 2 aliphatic heterocycles. The number of rotatable bonds is 5. The van der Waals surface area contributed by atoms with E-state index < -0.39 is 57.3 Å². The van der Waals surface area contributed by atoms with E-state index in [2.05, 4.69) is 10.3 Å². The SMILES string of the molecule is CC(C)(C)[C@H](NC(=O)C(F)(F)F)C(=O)N1CC2(C[C@H]1C(=O)NC(C#N)c1cncc3cc(F)ccc13)SCCS2. The smallest absolute Gasteiger partial charge is 0.336 e. The predicted octanol–water partition coefficient (Wildman–Crippen LogP) is 3.93. The molecule has 2 aromatic rings. The Balaban J connectivity index is 1.64. The van der Waals surface area contributed by atoms with Gasteiger partial charge in [-0.1, -0.05) is 26.8 Å². The minimum atomic E-state index is -5.20. The van der Waals surface area contributed by atoms with Crippen LogP contribution in [0.4, 0.5) is 17.6 Å². The van der Waals surface area contributed by atoms with E-state index in [1.165, 1.54) is 56.3 Å². The molecule has 1 spiro atoms. The number of amides is 3. The van der Waals surface area contributed by atoms with Crippen molar-refractivity contribution in [3.63, 3.8) is 0 Å². The normalized spacial score (nSPS) is 20.2. The topological polar surface area (TPSA) is 115 Å². The highest BCUT2D eigenvalue weighted by molar-refractivity contribution is 8.21. The highest BCUT2D eigenvalue weighted by Crippen LogP contribution is 2.52. The van der Waals surface area contributed by atoms with Crippen LogP contribution in [0.15, 0.2) is 30.6 Å². The minimum absolute atomic E-state index is 0.0834. The lowest BCUT2D eigenvalue weighted by atomic mass is 9.85. The minimum Gasteiger partial charge on any atom is -0.336 e. The van der Waals surface area contributed by atoms with Gasteiger partial charge >= 0.3 is 12.1 Å². The zero-order chi connectivity index (χ0) is 29.5. The van der Waals surface area contributed by atoms with Gasteiger partial charge in [0.25, 0.3) is 0 Å². The van der Waals surface area contributed by atoms with Gasteiger partial charge < -0.3 is 15.5 Å². The molecule has 2 N–H and O–H groups in total. The van der Waals surface area contributed by atoms with Crippen molar-refractivity contribution in [1.29, 1.82) is 5.26 Å². The lowest BCUT2D eigenvalue weighted by Crippen LogP contribution is -2.59. The molecule has 14 heteroatoms. The van der Waals surface area contributed by atoms with Crippen LogP contribution >= 0.6 is 23.5 Å². The number of alkyl halides is 3. The molecule has 1 aromatic heterocycles. The molecule has 0 aliphatic carbocycles. The highest BCUT2D eigenvalue weighted by atomic mass is 32.2. The maximum atomic E-state index is 13.8. The summed E-state index contributed by atoms with van der Waals surface area (Å²) in [5, 5.41) is 15.3. The number of fused-ring (bicyclic) bond motifs is 1. The lowest BCUT2D eigenvalue weighted by Gasteiger charge is -2.35. The molecule has 3 atom stereocenters. The summed E-state index contributed by atoms with van der Waals surface area (Å²) in [5.74, 6) is -2.68. The van der Waals surface area contributed by atoms with Crippen molar-refractivity contribution in [3.8, 4) is 6.07 Å². The fourth-order valence-electron chi connectivity index (χ4n) is 4.86. The standard InChI is InChI=1S/C26H27F4N5O3S2/c1-24(2,3)20(34-23(38)26(28,29)30)22(37)35-13-25(39-6-7-40-25)9-19(35)21(36)33-18(10-31)17-12-32-11-14-8-15(27)4-5-16(14)17/h4-5,8,11-12,18-20H,6-7,9,13H2,1-3H3,(H,33,36)(H,34,38)/t18?,19-,20+/m0/s1. The summed E-state index contributed by atoms with van der Waals surface area (Å²) in [6.45, 7) is 4.65. The predicted molar refractivity (Wildman–Crippen MR) is 143 cm³/mol. The summed E-state index contributed by atoms with van der Waals surface area (Å²) in [6, 6.07) is 2.09. The Hall–Kier alpha value is -3.05. The average molecular weight is 598 g/mol. The van der Waals surface area contributed by atoms with Crippen LogP contribution in [0, 0.1) is 22.6 Å². The summed E-state index contributed by atoms with van der Waals surface area (Å²) < 4.78 is 52.5. The Morgan fingerprint density at radius 2 is 1.82 bits per heavy atom. The second-order valence-corrected chi connectivity index (χ2v) is 13.9. The fourth-order valence-corrected chi connectivity index (χ4v) is 8.11. The first-order valence-corrected chi connectivity index (χ1v) is 14.3. The number of nitriles is 1. The summed E-state index contributed by atoms with van der Waals surface area (Å²) in [7, 11) is 0. The molecule has 1 aromatic carbocycles. The van der Waals surface area contributed by atoms with Crippen molar-refractivity contribution >= 4 is 52.0 Å². The first kappa shape index (κ1) is 29.9. The molecule has 2 saturated heterocycles. The fraction of sp³-hybridized carbons (Fsp3) is 0.500. The maximum absolute atomic E-state index is 13.8. The second-order valence-electron chi connectivity index (χ2n) is 10.7. The third kappa shape index (κ3) is 6.15. The summed E-state index contributed by atoms with van der Waals surface area (Å²) in [4.78, 5) is 44.5. The maximum Gasteiger partial charge on any atom is 0.471 e. The summed E-state index contributed by atoms with van der Waals surface area (Å²) in [5.41, 5.74) is -0.780. The molecule has 2 aliphatic rings. The number of carbonyl (C=O) groups is 3. The number of likely N-dealkylation sites (tertiary alicyclic amines) is 1. The first-order chi connectivity index (χ1) is 18.6. The van der Waals surface area contributed by atoms with E-state index in [-0.39, 0.29) is 13.0 Å². The summed E-state index contributed by atoms with van der Waals surface area (Å²) >= 11 is 3.13. The number of aromatic nitrogens is 1. The highest BCUT2D eigenvalue weighted by Gasteiger charge is 2.54. The van der Waals surface area contributed by atoms with Gasteiger partial charge in [-0.3, -0.25) is 19.4 Å². The Kier molecular flexibility index (Phi) is 8.29. The molecule has 3 heterocycles. The number of hydrogen-bond donors (Lipinski definition) is 2. The van der Waals surface area contributed by atoms with Crippen molar-refractivity contribution in [2.45, 2.75) is 55.6 Å². The molecule has 0 saturated carbocycles. The molecule has 0 radical (unpaired) electrons. The van der Waals surface area contributed by atoms with Crippen LogP contribution in [0.2, 0.25) is 0 Å². The molecular weight excluding hydrogens is 570 g/mol. The molecule has 8 nitrogen and oxygen atoms in total. The van der Waals surface area contributed by atoms with Gasteiger partial charge in [0.2, 0.25) is 11.8 Å². The van der Waals surface area contributed by atoms with Gasteiger partial charge in [-0.2, -0.15) is 18.4 Å². The quantitative estimate of drug-likeness (QED) is 0.502. The van der Waals surface area contributed by atoms with Crippen molar-refractivity contribution in [2.75, 3.05) is 18.1 Å². The van der Waals surface area contributed by atoms with E-state index >= 15 is 0 Å². The van der Waals surface area contributed by atoms with Crippen molar-refractivity contribution in [1.82, 2.24) is 20.5 Å².